The number of fused-ring (bicyclic) bond motifs is 2. The van der Waals surface area contributed by atoms with Crippen LogP contribution in [0, 0.1) is 10.8 Å². The molecule has 10 heteroatoms. The molecule has 0 spiro atoms. The molecule has 4 rings (SSSR count). The number of nitrogens with zero attached hydrogens (tertiary/aromatic N) is 5. The SMILES string of the molecule is CCCCNC(=O)N1CCN(c2cc(Cl)nc(SCC(=O)N3CC4(C)CC3CC(C)(C)C4)n2)CC1C. The van der Waals surface area contributed by atoms with Gasteiger partial charge in [-0.05, 0) is 43.4 Å². The highest BCUT2D eigenvalue weighted by Crippen LogP contribution is 2.52. The van der Waals surface area contributed by atoms with E-state index in [0.29, 0.717) is 48.3 Å². The normalized spacial score (nSPS) is 27.3. The summed E-state index contributed by atoms with van der Waals surface area (Å²) >= 11 is 7.72. The molecule has 200 valence electrons. The maximum atomic E-state index is 13.2. The van der Waals surface area contributed by atoms with E-state index in [1.807, 2.05) is 4.90 Å². The summed E-state index contributed by atoms with van der Waals surface area (Å²) < 4.78 is 0. The Balaban J connectivity index is 1.34. The van der Waals surface area contributed by atoms with Gasteiger partial charge >= 0.3 is 6.03 Å². The molecule has 1 aromatic heterocycles. The topological polar surface area (TPSA) is 81.7 Å². The van der Waals surface area contributed by atoms with Gasteiger partial charge in [-0.15, -0.1) is 0 Å². The Labute approximate surface area is 224 Å². The van der Waals surface area contributed by atoms with Crippen LogP contribution in [0.1, 0.15) is 66.7 Å². The molecule has 3 heterocycles. The number of carbonyl (C=O) groups excluding carboxylic acids is 2. The molecule has 0 aromatic carbocycles. The first-order valence-electron chi connectivity index (χ1n) is 13.2. The molecule has 2 aliphatic heterocycles. The smallest absolute Gasteiger partial charge is 0.317 e. The maximum Gasteiger partial charge on any atom is 0.317 e. The number of nitrogens with one attached hydrogen (secondary N) is 1. The molecule has 3 unspecified atom stereocenters. The quantitative estimate of drug-likeness (QED) is 0.236. The minimum absolute atomic E-state index is 0.00487. The van der Waals surface area contributed by atoms with E-state index in [-0.39, 0.29) is 28.8 Å². The summed E-state index contributed by atoms with van der Waals surface area (Å²) in [5.41, 5.74) is 0.500. The van der Waals surface area contributed by atoms with E-state index < -0.39 is 0 Å². The van der Waals surface area contributed by atoms with Gasteiger partial charge < -0.3 is 20.0 Å². The lowest BCUT2D eigenvalue weighted by Gasteiger charge is -2.40. The monoisotopic (exact) mass is 536 g/mol. The molecule has 1 aliphatic carbocycles. The van der Waals surface area contributed by atoms with Crippen LogP contribution in [0.5, 0.6) is 0 Å². The van der Waals surface area contributed by atoms with Crippen LogP contribution in [-0.4, -0.2) is 82.3 Å². The number of halogens is 1. The first-order valence-corrected chi connectivity index (χ1v) is 14.6. The van der Waals surface area contributed by atoms with Gasteiger partial charge in [0.25, 0.3) is 0 Å². The zero-order valence-corrected chi connectivity index (χ0v) is 23.9. The van der Waals surface area contributed by atoms with Gasteiger partial charge in [-0.2, -0.15) is 0 Å². The maximum absolute atomic E-state index is 13.2. The van der Waals surface area contributed by atoms with Crippen LogP contribution in [0.25, 0.3) is 0 Å². The number of likely N-dealkylation sites (tertiary alicyclic amines) is 1. The Morgan fingerprint density at radius 1 is 1.19 bits per heavy atom. The van der Waals surface area contributed by atoms with E-state index in [2.05, 4.69) is 54.7 Å². The number of hydrogen-bond donors (Lipinski definition) is 1. The van der Waals surface area contributed by atoms with Gasteiger partial charge in [-0.25, -0.2) is 14.8 Å². The van der Waals surface area contributed by atoms with Crippen LogP contribution < -0.4 is 10.2 Å². The number of rotatable bonds is 7. The lowest BCUT2D eigenvalue weighted by atomic mass is 9.65. The number of carbonyl (C=O) groups is 2. The third kappa shape index (κ3) is 6.39. The minimum Gasteiger partial charge on any atom is -0.353 e. The number of amides is 3. The van der Waals surface area contributed by atoms with Crippen molar-refractivity contribution >= 4 is 41.1 Å². The number of urea groups is 1. The summed E-state index contributed by atoms with van der Waals surface area (Å²) in [5, 5.41) is 3.90. The fourth-order valence-electron chi connectivity index (χ4n) is 6.51. The Hall–Kier alpha value is -1.74. The van der Waals surface area contributed by atoms with Crippen LogP contribution in [0.2, 0.25) is 5.15 Å². The van der Waals surface area contributed by atoms with E-state index in [1.54, 1.807) is 6.07 Å². The van der Waals surface area contributed by atoms with E-state index in [0.717, 1.165) is 38.0 Å². The summed E-state index contributed by atoms with van der Waals surface area (Å²) in [6.45, 7) is 14.6. The van der Waals surface area contributed by atoms with Gasteiger partial charge in [-0.1, -0.05) is 57.5 Å². The second kappa shape index (κ2) is 10.9. The van der Waals surface area contributed by atoms with Crippen molar-refractivity contribution in [2.24, 2.45) is 10.8 Å². The predicted octanol–water partition coefficient (Wildman–Crippen LogP) is 4.67. The van der Waals surface area contributed by atoms with Crippen molar-refractivity contribution in [3.8, 4) is 0 Å². The molecule has 0 radical (unpaired) electrons. The number of piperazine rings is 1. The first-order chi connectivity index (χ1) is 17.0. The molecule has 8 nitrogen and oxygen atoms in total. The van der Waals surface area contributed by atoms with Gasteiger partial charge in [-0.3, -0.25) is 4.79 Å². The van der Waals surface area contributed by atoms with E-state index in [4.69, 9.17) is 16.6 Å². The fourth-order valence-corrected chi connectivity index (χ4v) is 7.48. The number of hydrogen-bond acceptors (Lipinski definition) is 6. The highest BCUT2D eigenvalue weighted by Gasteiger charge is 2.50. The van der Waals surface area contributed by atoms with Crippen LogP contribution in [0.4, 0.5) is 10.6 Å². The Morgan fingerprint density at radius 2 is 1.97 bits per heavy atom. The molecule has 3 atom stereocenters. The first kappa shape index (κ1) is 27.3. The lowest BCUT2D eigenvalue weighted by molar-refractivity contribution is -0.129. The van der Waals surface area contributed by atoms with Crippen LogP contribution in [0.3, 0.4) is 0 Å². The Kier molecular flexibility index (Phi) is 8.29. The van der Waals surface area contributed by atoms with Crippen LogP contribution >= 0.6 is 23.4 Å². The molecule has 1 saturated carbocycles. The van der Waals surface area contributed by atoms with Crippen molar-refractivity contribution in [3.05, 3.63) is 11.2 Å². The van der Waals surface area contributed by atoms with Crippen molar-refractivity contribution in [2.75, 3.05) is 43.4 Å². The van der Waals surface area contributed by atoms with Gasteiger partial charge in [0, 0.05) is 50.9 Å². The summed E-state index contributed by atoms with van der Waals surface area (Å²) in [7, 11) is 0. The largest absolute Gasteiger partial charge is 0.353 e. The predicted molar refractivity (Wildman–Crippen MR) is 146 cm³/mol. The molecule has 3 aliphatic rings. The minimum atomic E-state index is -0.00487. The van der Waals surface area contributed by atoms with Gasteiger partial charge in [0.1, 0.15) is 11.0 Å². The Bertz CT molecular complexity index is 978. The molecule has 2 bridgehead atoms. The molecule has 3 fully saturated rings. The molecule has 36 heavy (non-hydrogen) atoms. The standard InChI is InChI=1S/C26H41ClN6O2S/c1-6-7-8-28-24(35)32-10-9-31(14-18(32)2)21-11-20(27)29-23(30-21)36-15-22(34)33-17-26(5)13-19(33)12-25(3,4)16-26/h11,18-19H,6-10,12-17H2,1-5H3,(H,28,35). The van der Waals surface area contributed by atoms with Crippen molar-refractivity contribution in [1.82, 2.24) is 25.1 Å². The van der Waals surface area contributed by atoms with E-state index >= 15 is 0 Å². The number of unbranched alkanes of at least 4 members (excludes halogenated alkanes) is 1. The zero-order chi connectivity index (χ0) is 26.1. The van der Waals surface area contributed by atoms with Crippen LogP contribution in [-0.2, 0) is 4.79 Å². The summed E-state index contributed by atoms with van der Waals surface area (Å²) in [4.78, 5) is 40.9. The van der Waals surface area contributed by atoms with Gasteiger partial charge in [0.15, 0.2) is 5.16 Å². The molecular formula is C26H41ClN6O2S. The zero-order valence-electron chi connectivity index (χ0n) is 22.3. The number of aromatic nitrogens is 2. The van der Waals surface area contributed by atoms with E-state index in [1.165, 1.54) is 18.2 Å². The van der Waals surface area contributed by atoms with E-state index in [9.17, 15) is 9.59 Å². The molecule has 3 amide bonds. The van der Waals surface area contributed by atoms with Gasteiger partial charge in [0.2, 0.25) is 5.91 Å². The summed E-state index contributed by atoms with van der Waals surface area (Å²) in [6, 6.07) is 2.14. The second-order valence-electron chi connectivity index (χ2n) is 11.9. The summed E-state index contributed by atoms with van der Waals surface area (Å²) in [5.74, 6) is 1.22. The molecular weight excluding hydrogens is 496 g/mol. The second-order valence-corrected chi connectivity index (χ2v) is 13.3. The third-order valence-corrected chi connectivity index (χ3v) is 8.77. The lowest BCUT2D eigenvalue weighted by Crippen LogP contribution is -2.56. The van der Waals surface area contributed by atoms with Crippen molar-refractivity contribution in [2.45, 2.75) is 84.0 Å². The molecule has 1 N–H and O–H groups in total. The van der Waals surface area contributed by atoms with Gasteiger partial charge in [0.05, 0.1) is 5.75 Å². The van der Waals surface area contributed by atoms with Crippen molar-refractivity contribution in [1.29, 1.82) is 0 Å². The highest BCUT2D eigenvalue weighted by atomic mass is 35.5. The fraction of sp³-hybridized carbons (Fsp3) is 0.769. The third-order valence-electron chi connectivity index (χ3n) is 7.74. The number of anilines is 1. The number of thioether (sulfide) groups is 1. The molecule has 1 aromatic rings. The van der Waals surface area contributed by atoms with Crippen LogP contribution in [0.15, 0.2) is 11.2 Å². The van der Waals surface area contributed by atoms with Crippen molar-refractivity contribution in [3.63, 3.8) is 0 Å². The van der Waals surface area contributed by atoms with Crippen molar-refractivity contribution < 1.29 is 9.59 Å². The molecule has 2 saturated heterocycles. The highest BCUT2D eigenvalue weighted by molar-refractivity contribution is 7.99. The average Bonchev–Trinajstić information content (AvgIpc) is 3.05. The summed E-state index contributed by atoms with van der Waals surface area (Å²) in [6.07, 6.45) is 5.38. The average molecular weight is 537 g/mol. The Morgan fingerprint density at radius 3 is 2.69 bits per heavy atom.